The molecule has 5 rings (SSSR count). The number of nitrogens with one attached hydrogen (secondary N) is 3. The van der Waals surface area contributed by atoms with Crippen molar-refractivity contribution in [2.24, 2.45) is 0 Å². The number of carbonyl (C=O) groups excluding carboxylic acids is 2. The molecule has 37 heavy (non-hydrogen) atoms. The first kappa shape index (κ1) is 25.0. The van der Waals surface area contributed by atoms with Gasteiger partial charge >= 0.3 is 0 Å². The average Bonchev–Trinajstić information content (AvgIpc) is 3.53. The molecule has 2 heterocycles. The van der Waals surface area contributed by atoms with Crippen LogP contribution in [0.5, 0.6) is 5.75 Å². The Hall–Kier alpha value is -3.63. The van der Waals surface area contributed by atoms with Gasteiger partial charge in [-0.1, -0.05) is 42.1 Å². The Bertz CT molecular complexity index is 1400. The number of aromatic nitrogens is 3. The predicted molar refractivity (Wildman–Crippen MR) is 148 cm³/mol. The van der Waals surface area contributed by atoms with Crippen LogP contribution in [0.3, 0.4) is 0 Å². The summed E-state index contributed by atoms with van der Waals surface area (Å²) in [7, 11) is 0. The van der Waals surface area contributed by atoms with Crippen molar-refractivity contribution in [3.05, 3.63) is 70.6 Å². The molecule has 2 aromatic carbocycles. The molecule has 1 aliphatic carbocycles. The summed E-state index contributed by atoms with van der Waals surface area (Å²) < 4.78 is 5.68. The second-order valence-corrected chi connectivity index (χ2v) is 10.5. The van der Waals surface area contributed by atoms with E-state index in [0.717, 1.165) is 48.2 Å². The number of hydrogen-bond donors (Lipinski definition) is 3. The number of nitrogens with zero attached hydrogens (tertiary/aromatic N) is 2. The van der Waals surface area contributed by atoms with Crippen LogP contribution >= 0.6 is 23.1 Å². The van der Waals surface area contributed by atoms with Gasteiger partial charge in [0.2, 0.25) is 11.1 Å². The standard InChI is InChI=1S/C27H27N5O3S2/c1-2-35-20-14-8-6-12-18(20)24-30-27(32-31-24)36-16-22(33)29-26-23(19-13-7-9-15-21(19)37-26)25(34)28-17-10-4-3-5-11-17/h3-6,8,10-12,14H,2,7,9,13,15-16H2,1H3,(H,28,34)(H,29,33)(H,30,31,32). The van der Waals surface area contributed by atoms with E-state index in [9.17, 15) is 9.59 Å². The molecule has 0 spiro atoms. The maximum atomic E-state index is 13.2. The van der Waals surface area contributed by atoms with Crippen LogP contribution in [0.4, 0.5) is 10.7 Å². The number of anilines is 2. The Morgan fingerprint density at radius 3 is 2.68 bits per heavy atom. The van der Waals surface area contributed by atoms with E-state index in [1.54, 1.807) is 0 Å². The summed E-state index contributed by atoms with van der Waals surface area (Å²) >= 11 is 2.74. The second-order valence-electron chi connectivity index (χ2n) is 8.47. The molecule has 0 aliphatic heterocycles. The summed E-state index contributed by atoms with van der Waals surface area (Å²) in [6.45, 7) is 2.47. The summed E-state index contributed by atoms with van der Waals surface area (Å²) in [5.41, 5.74) is 3.17. The summed E-state index contributed by atoms with van der Waals surface area (Å²) in [6, 6.07) is 17.0. The zero-order chi connectivity index (χ0) is 25.6. The number of para-hydroxylation sites is 2. The van der Waals surface area contributed by atoms with Gasteiger partial charge in [0.1, 0.15) is 10.8 Å². The number of rotatable bonds is 9. The van der Waals surface area contributed by atoms with Crippen molar-refractivity contribution in [1.29, 1.82) is 0 Å². The summed E-state index contributed by atoms with van der Waals surface area (Å²) in [5, 5.41) is 14.2. The highest BCUT2D eigenvalue weighted by Crippen LogP contribution is 2.39. The Balaban J connectivity index is 1.27. The fourth-order valence-corrected chi connectivity index (χ4v) is 6.18. The fraction of sp³-hybridized carbons (Fsp3) is 0.259. The van der Waals surface area contributed by atoms with Crippen molar-refractivity contribution in [2.75, 3.05) is 23.0 Å². The van der Waals surface area contributed by atoms with Gasteiger partial charge in [-0.15, -0.1) is 16.4 Å². The van der Waals surface area contributed by atoms with E-state index >= 15 is 0 Å². The first-order chi connectivity index (χ1) is 18.1. The Morgan fingerprint density at radius 2 is 1.84 bits per heavy atom. The SMILES string of the molecule is CCOc1ccccc1-c1nc(SCC(=O)Nc2sc3c(c2C(=O)Nc2ccccc2)CCCC3)n[nH]1. The van der Waals surface area contributed by atoms with Crippen LogP contribution in [0.15, 0.2) is 59.8 Å². The molecular formula is C27H27N5O3S2. The molecule has 190 valence electrons. The van der Waals surface area contributed by atoms with Crippen LogP contribution in [0.1, 0.15) is 40.6 Å². The predicted octanol–water partition coefficient (Wildman–Crippen LogP) is 5.79. The number of hydrogen-bond acceptors (Lipinski definition) is 7. The van der Waals surface area contributed by atoms with Gasteiger partial charge in [-0.25, -0.2) is 4.98 Å². The average molecular weight is 534 g/mol. The monoisotopic (exact) mass is 533 g/mol. The molecule has 0 radical (unpaired) electrons. The van der Waals surface area contributed by atoms with E-state index in [1.165, 1.54) is 28.0 Å². The van der Waals surface area contributed by atoms with E-state index < -0.39 is 0 Å². The van der Waals surface area contributed by atoms with Gasteiger partial charge < -0.3 is 15.4 Å². The molecule has 2 amide bonds. The molecule has 0 unspecified atom stereocenters. The first-order valence-electron chi connectivity index (χ1n) is 12.2. The van der Waals surface area contributed by atoms with Crippen LogP contribution in [-0.2, 0) is 17.6 Å². The number of aryl methyl sites for hydroxylation is 1. The van der Waals surface area contributed by atoms with Gasteiger partial charge in [-0.2, -0.15) is 0 Å². The molecular weight excluding hydrogens is 506 g/mol. The lowest BCUT2D eigenvalue weighted by Crippen LogP contribution is -2.19. The Kier molecular flexibility index (Phi) is 7.86. The zero-order valence-corrected chi connectivity index (χ0v) is 22.0. The first-order valence-corrected chi connectivity index (χ1v) is 14.0. The number of thiophene rings is 1. The molecule has 0 saturated heterocycles. The molecule has 0 saturated carbocycles. The number of thioether (sulfide) groups is 1. The van der Waals surface area contributed by atoms with Gasteiger partial charge in [-0.3, -0.25) is 14.7 Å². The van der Waals surface area contributed by atoms with Crippen molar-refractivity contribution in [3.8, 4) is 17.1 Å². The minimum Gasteiger partial charge on any atom is -0.493 e. The maximum absolute atomic E-state index is 13.2. The minimum atomic E-state index is -0.210. The third-order valence-corrected chi connectivity index (χ3v) is 7.98. The largest absolute Gasteiger partial charge is 0.493 e. The lowest BCUT2D eigenvalue weighted by Gasteiger charge is -2.13. The number of aromatic amines is 1. The molecule has 4 aromatic rings. The third-order valence-electron chi connectivity index (χ3n) is 5.92. The van der Waals surface area contributed by atoms with Crippen molar-refractivity contribution < 1.29 is 14.3 Å². The highest BCUT2D eigenvalue weighted by Gasteiger charge is 2.26. The lowest BCUT2D eigenvalue weighted by atomic mass is 9.95. The van der Waals surface area contributed by atoms with Crippen molar-refractivity contribution in [3.63, 3.8) is 0 Å². The Labute approximate surface area is 223 Å². The topological polar surface area (TPSA) is 109 Å². The summed E-state index contributed by atoms with van der Waals surface area (Å²) in [4.78, 5) is 31.9. The highest BCUT2D eigenvalue weighted by atomic mass is 32.2. The van der Waals surface area contributed by atoms with Crippen molar-refractivity contribution >= 4 is 45.6 Å². The normalized spacial score (nSPS) is 12.6. The van der Waals surface area contributed by atoms with E-state index in [4.69, 9.17) is 4.74 Å². The summed E-state index contributed by atoms with van der Waals surface area (Å²) in [6.07, 6.45) is 3.91. The van der Waals surface area contributed by atoms with E-state index in [-0.39, 0.29) is 17.6 Å². The molecule has 0 atom stereocenters. The quantitative estimate of drug-likeness (QED) is 0.235. The smallest absolute Gasteiger partial charge is 0.258 e. The number of H-pyrrole nitrogens is 1. The van der Waals surface area contributed by atoms with Crippen molar-refractivity contribution in [1.82, 2.24) is 15.2 Å². The molecule has 8 nitrogen and oxygen atoms in total. The highest BCUT2D eigenvalue weighted by molar-refractivity contribution is 7.99. The molecule has 10 heteroatoms. The van der Waals surface area contributed by atoms with Gasteiger partial charge in [0.05, 0.1) is 23.5 Å². The number of carbonyl (C=O) groups is 2. The van der Waals surface area contributed by atoms with E-state index in [1.807, 2.05) is 61.5 Å². The zero-order valence-electron chi connectivity index (χ0n) is 20.4. The molecule has 2 aromatic heterocycles. The van der Waals surface area contributed by atoms with Gasteiger partial charge in [0.25, 0.3) is 5.91 Å². The van der Waals surface area contributed by atoms with Crippen LogP contribution in [-0.4, -0.2) is 39.4 Å². The van der Waals surface area contributed by atoms with Crippen LogP contribution in [0.2, 0.25) is 0 Å². The van der Waals surface area contributed by atoms with Crippen molar-refractivity contribution in [2.45, 2.75) is 37.8 Å². The number of ether oxygens (including phenoxy) is 1. The van der Waals surface area contributed by atoms with Crippen LogP contribution in [0.25, 0.3) is 11.4 Å². The molecule has 0 fully saturated rings. The van der Waals surface area contributed by atoms with Crippen LogP contribution in [0, 0.1) is 0 Å². The van der Waals surface area contributed by atoms with Gasteiger partial charge in [0.15, 0.2) is 5.82 Å². The van der Waals surface area contributed by atoms with Gasteiger partial charge in [0, 0.05) is 10.6 Å². The molecule has 0 bridgehead atoms. The lowest BCUT2D eigenvalue weighted by molar-refractivity contribution is -0.113. The third kappa shape index (κ3) is 5.86. The van der Waals surface area contributed by atoms with Crippen LogP contribution < -0.4 is 15.4 Å². The summed E-state index contributed by atoms with van der Waals surface area (Å²) in [5.74, 6) is 1.02. The van der Waals surface area contributed by atoms with E-state index in [2.05, 4.69) is 25.8 Å². The minimum absolute atomic E-state index is 0.118. The van der Waals surface area contributed by atoms with Gasteiger partial charge in [-0.05, 0) is 62.4 Å². The Morgan fingerprint density at radius 1 is 1.05 bits per heavy atom. The maximum Gasteiger partial charge on any atom is 0.258 e. The molecule has 1 aliphatic rings. The number of fused-ring (bicyclic) bond motifs is 1. The fourth-order valence-electron chi connectivity index (χ4n) is 4.28. The number of benzene rings is 2. The molecule has 3 N–H and O–H groups in total. The van der Waals surface area contributed by atoms with E-state index in [0.29, 0.717) is 28.2 Å². The number of amides is 2. The second kappa shape index (κ2) is 11.6.